The van der Waals surface area contributed by atoms with Crippen LogP contribution >= 0.6 is 11.6 Å². The molecule has 0 amide bonds. The molecule has 1 aromatic heterocycles. The zero-order valence-electron chi connectivity index (χ0n) is 14.8. The molecule has 3 atom stereocenters. The topological polar surface area (TPSA) is 26.1 Å². The Hall–Kier alpha value is -1.67. The van der Waals surface area contributed by atoms with Crippen molar-refractivity contribution in [3.63, 3.8) is 0 Å². The molecule has 2 aromatic rings. The molecule has 1 aromatic carbocycles. The van der Waals surface area contributed by atoms with Crippen molar-refractivity contribution in [1.29, 1.82) is 0 Å². The van der Waals surface area contributed by atoms with E-state index < -0.39 is 0 Å². The summed E-state index contributed by atoms with van der Waals surface area (Å²) in [6.07, 6.45) is 4.99. The highest BCUT2D eigenvalue weighted by atomic mass is 35.5. The lowest BCUT2D eigenvalue weighted by Gasteiger charge is -2.50. The van der Waals surface area contributed by atoms with Gasteiger partial charge in [-0.3, -0.25) is 0 Å². The summed E-state index contributed by atoms with van der Waals surface area (Å²) in [7, 11) is 2.00. The summed E-state index contributed by atoms with van der Waals surface area (Å²) >= 11 is 6.89. The number of fused-ring (bicyclic) bond motifs is 2. The van der Waals surface area contributed by atoms with Gasteiger partial charge in [-0.2, -0.15) is 6.20 Å². The summed E-state index contributed by atoms with van der Waals surface area (Å²) in [6, 6.07) is 6.49. The quantitative estimate of drug-likeness (QED) is 0.626. The second-order valence-corrected chi connectivity index (χ2v) is 8.40. The van der Waals surface area contributed by atoms with E-state index in [1.807, 2.05) is 19.3 Å². The first-order chi connectivity index (χ1) is 11.4. The molecule has 0 saturated heterocycles. The van der Waals surface area contributed by atoms with Crippen molar-refractivity contribution in [2.45, 2.75) is 38.0 Å². The minimum absolute atomic E-state index is 0.0224. The number of hydrogen-bond donors (Lipinski definition) is 1. The van der Waals surface area contributed by atoms with Crippen molar-refractivity contribution in [2.75, 3.05) is 7.05 Å². The minimum Gasteiger partial charge on any atom is -0.663 e. The van der Waals surface area contributed by atoms with Crippen LogP contribution < -0.4 is 10.3 Å². The first-order valence-electron chi connectivity index (χ1n) is 8.61. The smallest absolute Gasteiger partial charge is 0.0485 e. The number of hydrogen-bond acceptors (Lipinski definition) is 1. The molecule has 0 saturated carbocycles. The summed E-state index contributed by atoms with van der Waals surface area (Å²) in [5, 5.41) is 4.80. The normalized spacial score (nSPS) is 31.0. The van der Waals surface area contributed by atoms with Crippen molar-refractivity contribution in [1.82, 2.24) is 10.3 Å². The van der Waals surface area contributed by atoms with Crippen molar-refractivity contribution >= 4 is 28.1 Å². The second kappa shape index (κ2) is 4.92. The summed E-state index contributed by atoms with van der Waals surface area (Å²) < 4.78 is 0. The van der Waals surface area contributed by atoms with Crippen LogP contribution in [0.1, 0.15) is 38.3 Å². The van der Waals surface area contributed by atoms with E-state index in [9.17, 15) is 0 Å². The van der Waals surface area contributed by atoms with Gasteiger partial charge in [-0.25, -0.2) is 0 Å². The lowest BCUT2D eigenvalue weighted by molar-refractivity contribution is 0.296. The first kappa shape index (κ1) is 15.8. The molecule has 0 aliphatic heterocycles. The molecule has 126 valence electrons. The predicted octanol–water partition coefficient (Wildman–Crippen LogP) is 4.84. The molecule has 2 aliphatic carbocycles. The van der Waals surface area contributed by atoms with E-state index in [-0.39, 0.29) is 16.2 Å². The number of rotatable bonds is 2. The van der Waals surface area contributed by atoms with Crippen LogP contribution in [0.3, 0.4) is 0 Å². The predicted molar refractivity (Wildman–Crippen MR) is 102 cm³/mol. The van der Waals surface area contributed by atoms with Crippen LogP contribution in [-0.4, -0.2) is 12.4 Å². The van der Waals surface area contributed by atoms with Gasteiger partial charge in [0.25, 0.3) is 0 Å². The standard InChI is InChI=1S/C21H24ClN2/c1-6-21(4)16(22)10-14-18(19(21)23-5)12-11-24-15-9-7-8-13(17(12)15)20(14,2)3/h6-9,11,14,16,23H,1,10H2,2-5H3/q-1. The average Bonchev–Trinajstić information content (AvgIpc) is 2.99. The number of aromatic nitrogens is 1. The number of allylic oxidation sites excluding steroid dienone is 2. The largest absolute Gasteiger partial charge is 0.663 e. The Balaban J connectivity index is 2.15. The van der Waals surface area contributed by atoms with Crippen LogP contribution in [0.2, 0.25) is 0 Å². The lowest BCUT2D eigenvalue weighted by atomic mass is 9.56. The average molecular weight is 340 g/mol. The maximum Gasteiger partial charge on any atom is 0.0485 e. The van der Waals surface area contributed by atoms with Gasteiger partial charge in [0.1, 0.15) is 0 Å². The van der Waals surface area contributed by atoms with Gasteiger partial charge in [-0.1, -0.05) is 38.1 Å². The van der Waals surface area contributed by atoms with Crippen molar-refractivity contribution in [2.24, 2.45) is 11.3 Å². The highest BCUT2D eigenvalue weighted by molar-refractivity contribution is 6.22. The lowest BCUT2D eigenvalue weighted by Crippen LogP contribution is -2.46. The summed E-state index contributed by atoms with van der Waals surface area (Å²) in [4.78, 5) is 4.69. The minimum atomic E-state index is -0.256. The van der Waals surface area contributed by atoms with Gasteiger partial charge in [0.2, 0.25) is 0 Å². The fourth-order valence-corrected chi connectivity index (χ4v) is 5.24. The van der Waals surface area contributed by atoms with Crippen molar-refractivity contribution in [3.05, 3.63) is 53.9 Å². The van der Waals surface area contributed by atoms with Crippen LogP contribution in [0, 0.1) is 11.3 Å². The van der Waals surface area contributed by atoms with Crippen molar-refractivity contribution < 1.29 is 0 Å². The molecule has 0 bridgehead atoms. The van der Waals surface area contributed by atoms with Gasteiger partial charge in [-0.05, 0) is 46.8 Å². The highest BCUT2D eigenvalue weighted by Crippen LogP contribution is 2.58. The van der Waals surface area contributed by atoms with Crippen LogP contribution in [-0.2, 0) is 5.41 Å². The molecule has 1 heterocycles. The fraction of sp³-hybridized carbons (Fsp3) is 0.429. The molecule has 1 N–H and O–H groups in total. The van der Waals surface area contributed by atoms with E-state index >= 15 is 0 Å². The molecule has 2 aliphatic rings. The first-order valence-corrected chi connectivity index (χ1v) is 9.05. The molecule has 24 heavy (non-hydrogen) atoms. The summed E-state index contributed by atoms with van der Waals surface area (Å²) in [5.41, 5.74) is 6.09. The Kier molecular flexibility index (Phi) is 3.25. The Morgan fingerprint density at radius 2 is 2.08 bits per heavy atom. The van der Waals surface area contributed by atoms with Gasteiger partial charge < -0.3 is 10.3 Å². The molecule has 0 radical (unpaired) electrons. The van der Waals surface area contributed by atoms with Gasteiger partial charge >= 0.3 is 0 Å². The fourth-order valence-electron chi connectivity index (χ4n) is 4.86. The number of halogens is 1. The Labute approximate surface area is 149 Å². The Bertz CT molecular complexity index is 873. The maximum atomic E-state index is 6.89. The van der Waals surface area contributed by atoms with E-state index in [0.717, 1.165) is 11.9 Å². The molecular weight excluding hydrogens is 316 g/mol. The van der Waals surface area contributed by atoms with E-state index in [1.54, 1.807) is 0 Å². The van der Waals surface area contributed by atoms with Crippen LogP contribution in [0.4, 0.5) is 0 Å². The zero-order valence-corrected chi connectivity index (χ0v) is 15.5. The highest BCUT2D eigenvalue weighted by Gasteiger charge is 2.50. The number of nitrogens with zero attached hydrogens (tertiary/aromatic N) is 1. The number of benzene rings is 1. The maximum absolute atomic E-state index is 6.89. The second-order valence-electron chi connectivity index (χ2n) is 7.87. The Morgan fingerprint density at radius 3 is 2.75 bits per heavy atom. The number of nitrogens with one attached hydrogen (secondary N) is 1. The molecule has 3 heteroatoms. The van der Waals surface area contributed by atoms with Crippen LogP contribution in [0.5, 0.6) is 0 Å². The number of alkyl halides is 1. The van der Waals surface area contributed by atoms with Crippen LogP contribution in [0.25, 0.3) is 16.5 Å². The monoisotopic (exact) mass is 339 g/mol. The summed E-state index contributed by atoms with van der Waals surface area (Å²) in [6.45, 7) is 11.0. The van der Waals surface area contributed by atoms with E-state index in [4.69, 9.17) is 11.6 Å². The van der Waals surface area contributed by atoms with E-state index in [1.165, 1.54) is 27.8 Å². The third-order valence-corrected chi connectivity index (χ3v) is 7.06. The van der Waals surface area contributed by atoms with Gasteiger partial charge in [-0.15, -0.1) is 23.7 Å². The zero-order chi connectivity index (χ0) is 17.3. The Morgan fingerprint density at radius 1 is 1.33 bits per heavy atom. The third kappa shape index (κ3) is 1.73. The third-order valence-electron chi connectivity index (χ3n) is 6.42. The molecule has 3 unspecified atom stereocenters. The summed E-state index contributed by atoms with van der Waals surface area (Å²) in [5.74, 6) is 0.373. The molecular formula is C21H24ClN2-. The van der Waals surface area contributed by atoms with Gasteiger partial charge in [0, 0.05) is 23.5 Å². The molecule has 4 rings (SSSR count). The molecule has 0 fully saturated rings. The van der Waals surface area contributed by atoms with Gasteiger partial charge in [0.05, 0.1) is 0 Å². The van der Waals surface area contributed by atoms with Gasteiger partial charge in [0.15, 0.2) is 0 Å². The molecule has 0 spiro atoms. The van der Waals surface area contributed by atoms with Crippen LogP contribution in [0.15, 0.2) is 42.7 Å². The SMILES string of the molecule is C=CC1(C)C(NC)=C2c3c[n-]c4cccc(c34)C(C)(C)C2CC1Cl. The van der Waals surface area contributed by atoms with E-state index in [0.29, 0.717) is 5.92 Å². The van der Waals surface area contributed by atoms with E-state index in [2.05, 4.69) is 55.9 Å². The van der Waals surface area contributed by atoms with Crippen molar-refractivity contribution in [3.8, 4) is 0 Å². The molecule has 2 nitrogen and oxygen atoms in total.